The number of aryl methyl sites for hydroxylation is 2. The third-order valence-electron chi connectivity index (χ3n) is 11.8. The van der Waals surface area contributed by atoms with E-state index in [-0.39, 0.29) is 23.9 Å². The van der Waals surface area contributed by atoms with Crippen LogP contribution in [0.3, 0.4) is 0 Å². The predicted octanol–water partition coefficient (Wildman–Crippen LogP) is 8.12. The maximum atomic E-state index is 14.4. The van der Waals surface area contributed by atoms with E-state index in [1.807, 2.05) is 62.4 Å². The lowest BCUT2D eigenvalue weighted by Gasteiger charge is -2.24. The van der Waals surface area contributed by atoms with Gasteiger partial charge >= 0.3 is 0 Å². The Morgan fingerprint density at radius 1 is 0.466 bits per heavy atom. The lowest BCUT2D eigenvalue weighted by molar-refractivity contribution is 0.0928. The van der Waals surface area contributed by atoms with Gasteiger partial charge in [0, 0.05) is 44.8 Å². The number of rotatable bonds is 11. The van der Waals surface area contributed by atoms with Crippen molar-refractivity contribution in [2.45, 2.75) is 51.6 Å². The monoisotopic (exact) mass is 780 g/mol. The van der Waals surface area contributed by atoms with Crippen molar-refractivity contribution >= 4 is 33.4 Å². The van der Waals surface area contributed by atoms with Crippen LogP contribution in [-0.4, -0.2) is 66.6 Å². The maximum absolute atomic E-state index is 14.4. The minimum atomic E-state index is -0.263. The fourth-order valence-electron chi connectivity index (χ4n) is 9.23. The Kier molecular flexibility index (Phi) is 10.3. The summed E-state index contributed by atoms with van der Waals surface area (Å²) in [5.74, 6) is 1.98. The Labute approximate surface area is 338 Å². The van der Waals surface area contributed by atoms with Crippen molar-refractivity contribution in [3.05, 3.63) is 117 Å². The van der Waals surface area contributed by atoms with Gasteiger partial charge in [-0.15, -0.1) is 0 Å². The number of amides is 2. The smallest absolute Gasteiger partial charge is 0.256 e. The molecule has 0 bridgehead atoms. The van der Waals surface area contributed by atoms with E-state index in [4.69, 9.17) is 28.4 Å². The van der Waals surface area contributed by atoms with Crippen LogP contribution in [0.4, 0.5) is 0 Å². The molecular formula is C48H48N2O8. The van der Waals surface area contributed by atoms with Crippen molar-refractivity contribution < 1.29 is 38.0 Å². The van der Waals surface area contributed by atoms with Crippen LogP contribution in [0.25, 0.3) is 32.7 Å². The van der Waals surface area contributed by atoms with Gasteiger partial charge in [0.05, 0.1) is 53.8 Å². The van der Waals surface area contributed by atoms with E-state index in [0.29, 0.717) is 67.2 Å². The van der Waals surface area contributed by atoms with E-state index in [1.54, 1.807) is 28.4 Å². The Balaban J connectivity index is 1.28. The number of hydrogen-bond donors (Lipinski definition) is 2. The Morgan fingerprint density at radius 2 is 0.793 bits per heavy atom. The number of fused-ring (bicyclic) bond motifs is 4. The molecule has 6 aromatic carbocycles. The van der Waals surface area contributed by atoms with E-state index in [2.05, 4.69) is 34.9 Å². The summed E-state index contributed by atoms with van der Waals surface area (Å²) in [6, 6.07) is 24.1. The number of methoxy groups -OCH3 is 6. The van der Waals surface area contributed by atoms with Gasteiger partial charge in [0.15, 0.2) is 23.0 Å². The molecule has 298 valence electrons. The highest BCUT2D eigenvalue weighted by Crippen LogP contribution is 2.52. The molecule has 2 aliphatic rings. The van der Waals surface area contributed by atoms with Crippen LogP contribution >= 0.6 is 0 Å². The third-order valence-corrected chi connectivity index (χ3v) is 11.8. The molecule has 0 spiro atoms. The number of ether oxygens (including phenoxy) is 6. The Hall–Kier alpha value is -6.42. The van der Waals surface area contributed by atoms with Crippen molar-refractivity contribution in [2.24, 2.45) is 0 Å². The highest BCUT2D eigenvalue weighted by molar-refractivity contribution is 6.16. The molecule has 10 nitrogen and oxygen atoms in total. The molecular weight excluding hydrogens is 733 g/mol. The molecule has 0 aromatic heterocycles. The predicted molar refractivity (Wildman–Crippen MR) is 226 cm³/mol. The average molecular weight is 781 g/mol. The molecule has 0 aliphatic heterocycles. The first-order valence-corrected chi connectivity index (χ1v) is 19.4. The Morgan fingerprint density at radius 3 is 1.09 bits per heavy atom. The topological polar surface area (TPSA) is 114 Å². The number of hydrogen-bond acceptors (Lipinski definition) is 8. The first-order chi connectivity index (χ1) is 28.1. The van der Waals surface area contributed by atoms with Gasteiger partial charge in [0.2, 0.25) is 0 Å². The van der Waals surface area contributed by atoms with Gasteiger partial charge < -0.3 is 39.1 Å². The van der Waals surface area contributed by atoms with Crippen LogP contribution in [0.2, 0.25) is 0 Å². The molecule has 6 aromatic rings. The molecule has 8 rings (SSSR count). The Bertz CT molecular complexity index is 2400. The third kappa shape index (κ3) is 6.37. The molecule has 0 unspecified atom stereocenters. The summed E-state index contributed by atoms with van der Waals surface area (Å²) in [6.07, 6.45) is 2.98. The second kappa shape index (κ2) is 15.5. The molecule has 0 fully saturated rings. The lowest BCUT2D eigenvalue weighted by atomic mass is 9.87. The molecule has 0 atom stereocenters. The number of benzene rings is 6. The van der Waals surface area contributed by atoms with Crippen molar-refractivity contribution in [3.8, 4) is 45.6 Å². The van der Waals surface area contributed by atoms with Crippen molar-refractivity contribution in [1.82, 2.24) is 10.6 Å². The van der Waals surface area contributed by atoms with Crippen molar-refractivity contribution in [3.63, 3.8) is 0 Å². The van der Waals surface area contributed by atoms with Crippen LogP contribution < -0.4 is 39.1 Å². The van der Waals surface area contributed by atoms with Crippen molar-refractivity contribution in [2.75, 3.05) is 42.7 Å². The first kappa shape index (κ1) is 38.5. The zero-order valence-electron chi connectivity index (χ0n) is 34.2. The fraction of sp³-hybridized carbons (Fsp3) is 0.292. The average Bonchev–Trinajstić information content (AvgIpc) is 3.84. The van der Waals surface area contributed by atoms with Gasteiger partial charge in [-0.3, -0.25) is 9.59 Å². The highest BCUT2D eigenvalue weighted by Gasteiger charge is 2.32. The van der Waals surface area contributed by atoms with E-state index >= 15 is 0 Å². The molecule has 2 aliphatic carbocycles. The largest absolute Gasteiger partial charge is 0.495 e. The van der Waals surface area contributed by atoms with E-state index in [9.17, 15) is 9.59 Å². The first-order valence-electron chi connectivity index (χ1n) is 19.4. The summed E-state index contributed by atoms with van der Waals surface area (Å²) in [5.41, 5.74) is 8.86. The minimum absolute atomic E-state index is 0.0697. The summed E-state index contributed by atoms with van der Waals surface area (Å²) in [5, 5.41) is 9.19. The van der Waals surface area contributed by atoms with Gasteiger partial charge in [0.1, 0.15) is 11.5 Å². The van der Waals surface area contributed by atoms with E-state index in [1.165, 1.54) is 36.5 Å². The SMILES string of the molecule is COc1cc2c(OC)c(-c3c(C)cc4c(C(=O)NC5Cc6ccccc6C5)c(OC)c(OC)cc4c3OC)c(C)cc2c(C(=O)NC2Cc3ccccc3C2)c1OC. The van der Waals surface area contributed by atoms with Crippen molar-refractivity contribution in [1.29, 1.82) is 0 Å². The highest BCUT2D eigenvalue weighted by atomic mass is 16.5. The van der Waals surface area contributed by atoms with Crippen LogP contribution in [0.1, 0.15) is 54.1 Å². The molecule has 0 saturated heterocycles. The lowest BCUT2D eigenvalue weighted by Crippen LogP contribution is -2.35. The van der Waals surface area contributed by atoms with Crippen LogP contribution in [0.15, 0.2) is 72.8 Å². The molecule has 2 N–H and O–H groups in total. The summed E-state index contributed by atoms with van der Waals surface area (Å²) < 4.78 is 36.1. The van der Waals surface area contributed by atoms with Gasteiger partial charge in [-0.2, -0.15) is 0 Å². The summed E-state index contributed by atoms with van der Waals surface area (Å²) in [7, 11) is 9.42. The van der Waals surface area contributed by atoms with Gasteiger partial charge in [0.25, 0.3) is 11.8 Å². The molecule has 2 amide bonds. The molecule has 0 radical (unpaired) electrons. The minimum Gasteiger partial charge on any atom is -0.495 e. The zero-order chi connectivity index (χ0) is 40.8. The second-order valence-electron chi connectivity index (χ2n) is 15.1. The van der Waals surface area contributed by atoms with Crippen LogP contribution in [0, 0.1) is 13.8 Å². The maximum Gasteiger partial charge on any atom is 0.256 e. The number of carbonyl (C=O) groups excluding carboxylic acids is 2. The van der Waals surface area contributed by atoms with Crippen LogP contribution in [-0.2, 0) is 25.7 Å². The quantitative estimate of drug-likeness (QED) is 0.136. The van der Waals surface area contributed by atoms with Crippen LogP contribution in [0.5, 0.6) is 34.5 Å². The van der Waals surface area contributed by atoms with E-state index < -0.39 is 0 Å². The zero-order valence-corrected chi connectivity index (χ0v) is 34.2. The second-order valence-corrected chi connectivity index (χ2v) is 15.1. The molecule has 0 saturated carbocycles. The molecule has 0 heterocycles. The standard InChI is InChI=1S/C48H48N2O8/c1-25-17-33-35(23-37(53-3)45(57-7)41(33)47(51)49-31-19-27-13-9-10-14-28(27)20-31)43(55-5)39(25)40-26(2)18-34-36(44(40)56-6)24-38(54-4)46(58-8)42(34)48(52)50-32-21-29-15-11-12-16-30(29)22-32/h9-18,23-24,31-32H,19-22H2,1-8H3,(H,49,51)(H,50,52). The number of nitrogens with one attached hydrogen (secondary N) is 2. The summed E-state index contributed by atoms with van der Waals surface area (Å²) >= 11 is 0. The molecule has 58 heavy (non-hydrogen) atoms. The van der Waals surface area contributed by atoms with E-state index in [0.717, 1.165) is 47.9 Å². The van der Waals surface area contributed by atoms with Gasteiger partial charge in [-0.1, -0.05) is 48.5 Å². The molecule has 10 heteroatoms. The summed E-state index contributed by atoms with van der Waals surface area (Å²) in [4.78, 5) is 28.8. The number of carbonyl (C=O) groups is 2. The van der Waals surface area contributed by atoms with Gasteiger partial charge in [-0.25, -0.2) is 0 Å². The normalized spacial score (nSPS) is 13.6. The fourth-order valence-corrected chi connectivity index (χ4v) is 9.23. The summed E-state index contributed by atoms with van der Waals surface area (Å²) in [6.45, 7) is 3.97. The van der Waals surface area contributed by atoms with Gasteiger partial charge in [-0.05, 0) is 97.2 Å².